The first-order chi connectivity index (χ1) is 14.8. The Balaban J connectivity index is 1.19. The number of carbonyl (C=O) groups is 1. The van der Waals surface area contributed by atoms with E-state index in [2.05, 4.69) is 19.9 Å². The zero-order valence-corrected chi connectivity index (χ0v) is 16.9. The molecule has 0 aromatic carbocycles. The van der Waals surface area contributed by atoms with Crippen molar-refractivity contribution in [2.75, 3.05) is 36.0 Å². The molecule has 0 aliphatic carbocycles. The fraction of sp³-hybridized carbons (Fsp3) is 0.500. The Labute approximate surface area is 176 Å². The van der Waals surface area contributed by atoms with Crippen molar-refractivity contribution in [1.29, 1.82) is 0 Å². The number of rotatable bonds is 3. The number of nitrogens with zero attached hydrogens (tertiary/aromatic N) is 6. The molecular formula is C20H21F3N6O2. The van der Waals surface area contributed by atoms with Gasteiger partial charge in [-0.1, -0.05) is 0 Å². The predicted octanol–water partition coefficient (Wildman–Crippen LogP) is 2.75. The molecule has 0 N–H and O–H groups in total. The second kappa shape index (κ2) is 7.24. The zero-order chi connectivity index (χ0) is 21.8. The summed E-state index contributed by atoms with van der Waals surface area (Å²) >= 11 is 0. The first kappa shape index (κ1) is 19.8. The Hall–Kier alpha value is -3.11. The Kier molecular flexibility index (Phi) is 4.63. The van der Waals surface area contributed by atoms with Crippen LogP contribution in [0.2, 0.25) is 0 Å². The van der Waals surface area contributed by atoms with Crippen molar-refractivity contribution < 1.29 is 22.7 Å². The lowest BCUT2D eigenvalue weighted by atomic mass is 10.1. The fourth-order valence-electron chi connectivity index (χ4n) is 3.96. The lowest BCUT2D eigenvalue weighted by Crippen LogP contribution is -2.54. The molecule has 1 amide bonds. The summed E-state index contributed by atoms with van der Waals surface area (Å²) in [6, 6.07) is 1.94. The second-order valence-corrected chi connectivity index (χ2v) is 8.03. The largest absolute Gasteiger partial charge is 0.442 e. The highest BCUT2D eigenvalue weighted by atomic mass is 19.4. The molecule has 0 saturated carbocycles. The monoisotopic (exact) mass is 434 g/mol. The normalized spacial score (nSPS) is 18.5. The van der Waals surface area contributed by atoms with E-state index in [-0.39, 0.29) is 5.82 Å². The number of hydrogen-bond donors (Lipinski definition) is 0. The van der Waals surface area contributed by atoms with Gasteiger partial charge in [-0.3, -0.25) is 4.90 Å². The number of halogens is 3. The highest BCUT2D eigenvalue weighted by Crippen LogP contribution is 2.33. The molecule has 164 valence electrons. The third-order valence-electron chi connectivity index (χ3n) is 5.80. The molecule has 2 aromatic heterocycles. The molecule has 3 aliphatic heterocycles. The van der Waals surface area contributed by atoms with Crippen LogP contribution >= 0.6 is 0 Å². The van der Waals surface area contributed by atoms with Crippen LogP contribution in [0.1, 0.15) is 29.1 Å². The van der Waals surface area contributed by atoms with E-state index in [1.54, 1.807) is 9.80 Å². The van der Waals surface area contributed by atoms with Crippen molar-refractivity contribution in [3.05, 3.63) is 41.0 Å². The van der Waals surface area contributed by atoms with E-state index in [1.165, 1.54) is 0 Å². The van der Waals surface area contributed by atoms with Gasteiger partial charge in [-0.15, -0.1) is 0 Å². The fourth-order valence-corrected chi connectivity index (χ4v) is 3.96. The summed E-state index contributed by atoms with van der Waals surface area (Å²) in [5.41, 5.74) is 1.06. The van der Waals surface area contributed by atoms with Gasteiger partial charge in [0.2, 0.25) is 0 Å². The number of aromatic nitrogens is 3. The molecule has 2 fully saturated rings. The van der Waals surface area contributed by atoms with E-state index in [0.29, 0.717) is 32.0 Å². The van der Waals surface area contributed by atoms with Crippen LogP contribution in [0.4, 0.5) is 29.6 Å². The van der Waals surface area contributed by atoms with Crippen LogP contribution in [-0.4, -0.2) is 58.2 Å². The van der Waals surface area contributed by atoms with Crippen LogP contribution in [0.25, 0.3) is 0 Å². The molecule has 0 spiro atoms. The van der Waals surface area contributed by atoms with E-state index in [1.807, 2.05) is 6.92 Å². The lowest BCUT2D eigenvalue weighted by Gasteiger charge is -2.39. The maximum absolute atomic E-state index is 12.9. The van der Waals surface area contributed by atoms with E-state index in [9.17, 15) is 18.0 Å². The van der Waals surface area contributed by atoms with Gasteiger partial charge in [0, 0.05) is 24.8 Å². The average Bonchev–Trinajstić information content (AvgIpc) is 3.06. The summed E-state index contributed by atoms with van der Waals surface area (Å²) in [4.78, 5) is 31.1. The quantitative estimate of drug-likeness (QED) is 0.735. The molecule has 0 atom stereocenters. The Morgan fingerprint density at radius 3 is 2.61 bits per heavy atom. The van der Waals surface area contributed by atoms with Crippen LogP contribution < -0.4 is 9.80 Å². The van der Waals surface area contributed by atoms with Crippen LogP contribution in [0, 0.1) is 6.92 Å². The minimum absolute atomic E-state index is 0.223. The summed E-state index contributed by atoms with van der Waals surface area (Å²) in [5.74, 6) is 1.80. The summed E-state index contributed by atoms with van der Waals surface area (Å²) < 4.78 is 44.2. The van der Waals surface area contributed by atoms with Crippen molar-refractivity contribution in [3.8, 4) is 0 Å². The number of carbonyl (C=O) groups excluding carboxylic acids is 1. The first-order valence-corrected chi connectivity index (χ1v) is 10.1. The van der Waals surface area contributed by atoms with Gasteiger partial charge in [-0.05, 0) is 25.5 Å². The minimum Gasteiger partial charge on any atom is -0.442 e. The van der Waals surface area contributed by atoms with Crippen molar-refractivity contribution in [2.45, 2.75) is 38.7 Å². The van der Waals surface area contributed by atoms with Crippen molar-refractivity contribution >= 4 is 17.7 Å². The molecule has 3 aliphatic rings. The van der Waals surface area contributed by atoms with Gasteiger partial charge >= 0.3 is 12.3 Å². The number of anilines is 2. The predicted molar refractivity (Wildman–Crippen MR) is 105 cm³/mol. The molecule has 0 bridgehead atoms. The molecular weight excluding hydrogens is 413 g/mol. The number of alkyl halides is 3. The minimum atomic E-state index is -4.42. The number of fused-ring (bicyclic) bond motifs is 1. The number of hydrogen-bond acceptors (Lipinski definition) is 7. The zero-order valence-electron chi connectivity index (χ0n) is 16.9. The number of ether oxygens (including phenoxy) is 1. The molecule has 0 radical (unpaired) electrons. The standard InChI is InChI=1S/C20H21F3N6O2/c1-12-25-16-11-29(10-15(16)18(26-12)27-5-2-6-27)19(30)31-14-8-28(9-14)17-7-13(3-4-24-17)20(21,22)23/h3-4,7,14H,2,5-6,8-11H2,1H3. The summed E-state index contributed by atoms with van der Waals surface area (Å²) in [6.45, 7) is 5.12. The van der Waals surface area contributed by atoms with Crippen LogP contribution in [0.3, 0.4) is 0 Å². The molecule has 11 heteroatoms. The summed E-state index contributed by atoms with van der Waals surface area (Å²) in [6.07, 6.45) is -3.00. The molecule has 2 saturated heterocycles. The van der Waals surface area contributed by atoms with E-state index >= 15 is 0 Å². The summed E-state index contributed by atoms with van der Waals surface area (Å²) in [7, 11) is 0. The maximum atomic E-state index is 12.9. The van der Waals surface area contributed by atoms with Crippen LogP contribution in [0.15, 0.2) is 18.3 Å². The van der Waals surface area contributed by atoms with Crippen molar-refractivity contribution in [1.82, 2.24) is 19.9 Å². The molecule has 5 heterocycles. The molecule has 0 unspecified atom stereocenters. The number of aryl methyl sites for hydroxylation is 1. The molecule has 31 heavy (non-hydrogen) atoms. The molecule has 8 nitrogen and oxygen atoms in total. The van der Waals surface area contributed by atoms with Gasteiger partial charge in [-0.25, -0.2) is 19.7 Å². The Bertz CT molecular complexity index is 1020. The van der Waals surface area contributed by atoms with Gasteiger partial charge in [0.25, 0.3) is 0 Å². The number of amides is 1. The van der Waals surface area contributed by atoms with E-state index in [4.69, 9.17) is 4.74 Å². The van der Waals surface area contributed by atoms with Gasteiger partial charge in [0.1, 0.15) is 23.6 Å². The topological polar surface area (TPSA) is 74.7 Å². The molecule has 5 rings (SSSR count). The Morgan fingerprint density at radius 1 is 1.16 bits per heavy atom. The van der Waals surface area contributed by atoms with E-state index < -0.39 is 23.9 Å². The van der Waals surface area contributed by atoms with Crippen molar-refractivity contribution in [3.63, 3.8) is 0 Å². The van der Waals surface area contributed by atoms with Crippen molar-refractivity contribution in [2.24, 2.45) is 0 Å². The van der Waals surface area contributed by atoms with Gasteiger partial charge in [0.15, 0.2) is 0 Å². The van der Waals surface area contributed by atoms with Gasteiger partial charge in [0.05, 0.1) is 37.4 Å². The Morgan fingerprint density at radius 2 is 1.94 bits per heavy atom. The maximum Gasteiger partial charge on any atom is 0.416 e. The second-order valence-electron chi connectivity index (χ2n) is 8.03. The smallest absolute Gasteiger partial charge is 0.416 e. The summed E-state index contributed by atoms with van der Waals surface area (Å²) in [5, 5.41) is 0. The van der Waals surface area contributed by atoms with E-state index in [0.717, 1.165) is 54.9 Å². The van der Waals surface area contributed by atoms with Crippen LogP contribution in [0.5, 0.6) is 0 Å². The number of pyridine rings is 1. The SMILES string of the molecule is Cc1nc2c(c(N3CCC3)n1)CN(C(=O)OC1CN(c3cc(C(F)(F)F)ccn3)C1)C2. The third-order valence-corrected chi connectivity index (χ3v) is 5.80. The first-order valence-electron chi connectivity index (χ1n) is 10.1. The average molecular weight is 434 g/mol. The lowest BCUT2D eigenvalue weighted by molar-refractivity contribution is -0.137. The van der Waals surface area contributed by atoms with Gasteiger partial charge in [-0.2, -0.15) is 13.2 Å². The highest BCUT2D eigenvalue weighted by Gasteiger charge is 2.37. The van der Waals surface area contributed by atoms with Crippen LogP contribution in [-0.2, 0) is 24.0 Å². The molecule has 2 aromatic rings. The highest BCUT2D eigenvalue weighted by molar-refractivity contribution is 5.70. The third kappa shape index (κ3) is 3.72. The van der Waals surface area contributed by atoms with Gasteiger partial charge < -0.3 is 14.5 Å².